The van der Waals surface area contributed by atoms with E-state index in [0.717, 1.165) is 11.8 Å². The highest BCUT2D eigenvalue weighted by Crippen LogP contribution is 2.33. The Bertz CT molecular complexity index is 209. The molecule has 1 unspecified atom stereocenters. The third kappa shape index (κ3) is 2.73. The lowest BCUT2D eigenvalue weighted by molar-refractivity contribution is 0.192. The smallest absolute Gasteiger partial charge is 0.0166 e. The van der Waals surface area contributed by atoms with Gasteiger partial charge in [-0.1, -0.05) is 13.8 Å². The van der Waals surface area contributed by atoms with E-state index in [9.17, 15) is 0 Å². The van der Waals surface area contributed by atoms with Crippen LogP contribution in [0.25, 0.3) is 0 Å². The fourth-order valence-corrected chi connectivity index (χ4v) is 2.87. The third-order valence-corrected chi connectivity index (χ3v) is 4.53. The van der Waals surface area contributed by atoms with Crippen LogP contribution in [0.3, 0.4) is 0 Å². The summed E-state index contributed by atoms with van der Waals surface area (Å²) in [6, 6.07) is 0. The number of hydrogen-bond donors (Lipinski definition) is 1. The third-order valence-electron chi connectivity index (χ3n) is 4.53. The van der Waals surface area contributed by atoms with Gasteiger partial charge in [0.1, 0.15) is 0 Å². The van der Waals surface area contributed by atoms with E-state index in [1.54, 1.807) is 0 Å². The maximum Gasteiger partial charge on any atom is 0.0166 e. The van der Waals surface area contributed by atoms with Gasteiger partial charge >= 0.3 is 0 Å². The number of rotatable bonds is 4. The van der Waals surface area contributed by atoms with Crippen LogP contribution in [-0.2, 0) is 0 Å². The maximum absolute atomic E-state index is 6.25. The Morgan fingerprint density at radius 3 is 2.60 bits per heavy atom. The molecule has 88 valence electrons. The molecule has 15 heavy (non-hydrogen) atoms. The normalized spacial score (nSPS) is 30.8. The molecule has 1 saturated carbocycles. The summed E-state index contributed by atoms with van der Waals surface area (Å²) in [6.45, 7) is 8.56. The topological polar surface area (TPSA) is 29.3 Å². The van der Waals surface area contributed by atoms with Gasteiger partial charge in [-0.05, 0) is 57.0 Å². The molecule has 2 aliphatic rings. The van der Waals surface area contributed by atoms with Crippen LogP contribution >= 0.6 is 0 Å². The molecule has 0 aromatic carbocycles. The van der Waals surface area contributed by atoms with E-state index < -0.39 is 0 Å². The minimum absolute atomic E-state index is 0.218. The average Bonchev–Trinajstić information content (AvgIpc) is 2.60. The predicted octanol–water partition coefficient (Wildman–Crippen LogP) is 2.24. The van der Waals surface area contributed by atoms with Gasteiger partial charge in [0.25, 0.3) is 0 Å². The molecule has 1 saturated heterocycles. The lowest BCUT2D eigenvalue weighted by atomic mass is 9.75. The van der Waals surface area contributed by atoms with Gasteiger partial charge in [-0.25, -0.2) is 0 Å². The molecule has 2 rings (SSSR count). The van der Waals surface area contributed by atoms with Gasteiger partial charge in [-0.3, -0.25) is 0 Å². The molecule has 1 aliphatic carbocycles. The van der Waals surface area contributed by atoms with Crippen molar-refractivity contribution >= 4 is 0 Å². The van der Waals surface area contributed by atoms with Crippen LogP contribution < -0.4 is 5.73 Å². The minimum Gasteiger partial charge on any atom is -0.325 e. The average molecular weight is 210 g/mol. The van der Waals surface area contributed by atoms with Crippen LogP contribution in [0.15, 0.2) is 0 Å². The number of hydrogen-bond acceptors (Lipinski definition) is 2. The lowest BCUT2D eigenvalue weighted by Crippen LogP contribution is -2.48. The van der Waals surface area contributed by atoms with Crippen LogP contribution in [0.1, 0.15) is 46.0 Å². The Morgan fingerprint density at radius 2 is 2.13 bits per heavy atom. The summed E-state index contributed by atoms with van der Waals surface area (Å²) in [5, 5.41) is 0. The summed E-state index contributed by atoms with van der Waals surface area (Å²) < 4.78 is 0. The summed E-state index contributed by atoms with van der Waals surface area (Å²) in [6.07, 6.45) is 6.49. The second kappa shape index (κ2) is 4.42. The lowest BCUT2D eigenvalue weighted by Gasteiger charge is -2.39. The van der Waals surface area contributed by atoms with E-state index in [1.807, 2.05) is 0 Å². The van der Waals surface area contributed by atoms with E-state index >= 15 is 0 Å². The van der Waals surface area contributed by atoms with Gasteiger partial charge in [0, 0.05) is 12.1 Å². The monoisotopic (exact) mass is 210 g/mol. The molecule has 2 N–H and O–H groups in total. The number of nitrogens with zero attached hydrogens (tertiary/aromatic N) is 1. The first kappa shape index (κ1) is 11.4. The van der Waals surface area contributed by atoms with Crippen molar-refractivity contribution in [3.63, 3.8) is 0 Å². The Hall–Kier alpha value is -0.0800. The molecule has 0 spiro atoms. The predicted molar refractivity (Wildman–Crippen MR) is 64.8 cm³/mol. The minimum atomic E-state index is 0.218. The molecule has 2 nitrogen and oxygen atoms in total. The Kier molecular flexibility index (Phi) is 3.36. The van der Waals surface area contributed by atoms with Crippen molar-refractivity contribution in [2.45, 2.75) is 51.5 Å². The molecule has 2 heteroatoms. The highest BCUT2D eigenvalue weighted by molar-refractivity contribution is 4.93. The summed E-state index contributed by atoms with van der Waals surface area (Å²) in [5.74, 6) is 1.78. The molecule has 0 aromatic heterocycles. The van der Waals surface area contributed by atoms with Gasteiger partial charge < -0.3 is 10.6 Å². The van der Waals surface area contributed by atoms with E-state index in [4.69, 9.17) is 5.73 Å². The largest absolute Gasteiger partial charge is 0.325 e. The zero-order valence-electron chi connectivity index (χ0n) is 10.3. The standard InChI is InChI=1S/C13H26N2/c1-11(2)12-4-8-15(10-12)9-7-13(14)5-3-6-13/h11-12H,3-10,14H2,1-2H3. The first-order valence-corrected chi connectivity index (χ1v) is 6.60. The summed E-state index contributed by atoms with van der Waals surface area (Å²) >= 11 is 0. The summed E-state index contributed by atoms with van der Waals surface area (Å²) in [5.41, 5.74) is 6.47. The molecular weight excluding hydrogens is 184 g/mol. The molecule has 0 bridgehead atoms. The number of likely N-dealkylation sites (tertiary alicyclic amines) is 1. The van der Waals surface area contributed by atoms with Crippen molar-refractivity contribution in [1.29, 1.82) is 0 Å². The van der Waals surface area contributed by atoms with Crippen molar-refractivity contribution in [2.24, 2.45) is 17.6 Å². The Labute approximate surface area is 94.2 Å². The van der Waals surface area contributed by atoms with E-state index in [2.05, 4.69) is 18.7 Å². The van der Waals surface area contributed by atoms with Crippen LogP contribution in [0.4, 0.5) is 0 Å². The van der Waals surface area contributed by atoms with Gasteiger partial charge in [0.15, 0.2) is 0 Å². The fraction of sp³-hybridized carbons (Fsp3) is 1.00. The van der Waals surface area contributed by atoms with Crippen molar-refractivity contribution in [3.8, 4) is 0 Å². The summed E-state index contributed by atoms with van der Waals surface area (Å²) in [4.78, 5) is 2.62. The van der Waals surface area contributed by atoms with Gasteiger partial charge in [0.05, 0.1) is 0 Å². The van der Waals surface area contributed by atoms with Gasteiger partial charge in [-0.15, -0.1) is 0 Å². The van der Waals surface area contributed by atoms with Crippen LogP contribution in [0.2, 0.25) is 0 Å². The zero-order valence-corrected chi connectivity index (χ0v) is 10.3. The second-order valence-corrected chi connectivity index (χ2v) is 6.06. The van der Waals surface area contributed by atoms with Gasteiger partial charge in [-0.2, -0.15) is 0 Å². The van der Waals surface area contributed by atoms with E-state index in [0.29, 0.717) is 0 Å². The van der Waals surface area contributed by atoms with Crippen molar-refractivity contribution < 1.29 is 0 Å². The quantitative estimate of drug-likeness (QED) is 0.771. The molecule has 0 aromatic rings. The fourth-order valence-electron chi connectivity index (χ4n) is 2.87. The highest BCUT2D eigenvalue weighted by atomic mass is 15.1. The molecule has 0 radical (unpaired) electrons. The van der Waals surface area contributed by atoms with Crippen LogP contribution in [0.5, 0.6) is 0 Å². The molecule has 1 atom stereocenters. The summed E-state index contributed by atoms with van der Waals surface area (Å²) in [7, 11) is 0. The molecule has 1 aliphatic heterocycles. The Balaban J connectivity index is 1.68. The first-order valence-electron chi connectivity index (χ1n) is 6.60. The highest BCUT2D eigenvalue weighted by Gasteiger charge is 2.33. The van der Waals surface area contributed by atoms with E-state index in [1.165, 1.54) is 51.7 Å². The van der Waals surface area contributed by atoms with Crippen molar-refractivity contribution in [2.75, 3.05) is 19.6 Å². The molecule has 0 amide bonds. The van der Waals surface area contributed by atoms with Crippen LogP contribution in [-0.4, -0.2) is 30.1 Å². The number of nitrogens with two attached hydrogens (primary N) is 1. The maximum atomic E-state index is 6.25. The Morgan fingerprint density at radius 1 is 1.40 bits per heavy atom. The second-order valence-electron chi connectivity index (χ2n) is 6.06. The zero-order chi connectivity index (χ0) is 10.9. The molecule has 2 fully saturated rings. The SMILES string of the molecule is CC(C)C1CCN(CCC2(N)CCC2)C1. The van der Waals surface area contributed by atoms with E-state index in [-0.39, 0.29) is 5.54 Å². The first-order chi connectivity index (χ1) is 7.09. The van der Waals surface area contributed by atoms with Crippen molar-refractivity contribution in [3.05, 3.63) is 0 Å². The van der Waals surface area contributed by atoms with Crippen LogP contribution in [0, 0.1) is 11.8 Å². The molecule has 1 heterocycles. The van der Waals surface area contributed by atoms with Gasteiger partial charge in [0.2, 0.25) is 0 Å². The molecular formula is C13H26N2. The van der Waals surface area contributed by atoms with Crippen molar-refractivity contribution in [1.82, 2.24) is 4.90 Å².